The molecule has 24 heavy (non-hydrogen) atoms. The normalized spacial score (nSPS) is 19.4. The molecule has 124 valence electrons. The van der Waals surface area contributed by atoms with Crippen LogP contribution in [0.4, 0.5) is 5.69 Å². The highest BCUT2D eigenvalue weighted by Gasteiger charge is 2.40. The van der Waals surface area contributed by atoms with Crippen LogP contribution in [0.5, 0.6) is 0 Å². The third-order valence-corrected chi connectivity index (χ3v) is 5.75. The number of hydrogen-bond acceptors (Lipinski definition) is 6. The first-order valence-electron chi connectivity index (χ1n) is 7.87. The highest BCUT2D eigenvalue weighted by atomic mass is 32.1. The smallest absolute Gasteiger partial charge is 0.263 e. The lowest BCUT2D eigenvalue weighted by Crippen LogP contribution is -2.51. The minimum atomic E-state index is -0.0181. The Balaban J connectivity index is 1.80. The van der Waals surface area contributed by atoms with E-state index in [2.05, 4.69) is 34.4 Å². The fourth-order valence-corrected chi connectivity index (χ4v) is 4.41. The van der Waals surface area contributed by atoms with Crippen molar-refractivity contribution in [3.05, 3.63) is 39.3 Å². The highest BCUT2D eigenvalue weighted by Crippen LogP contribution is 2.35. The van der Waals surface area contributed by atoms with Gasteiger partial charge in [-0.05, 0) is 39.0 Å². The average Bonchev–Trinajstić information content (AvgIpc) is 3.06. The Morgan fingerprint density at radius 2 is 2.17 bits per heavy atom. The number of thiazole rings is 1. The molecule has 4 rings (SSSR count). The summed E-state index contributed by atoms with van der Waals surface area (Å²) in [5, 5.41) is 1.02. The number of benzene rings is 1. The van der Waals surface area contributed by atoms with Crippen molar-refractivity contribution in [1.29, 1.82) is 0 Å². The molecule has 1 aromatic heterocycles. The zero-order chi connectivity index (χ0) is 17.0. The minimum absolute atomic E-state index is 0.0181. The Morgan fingerprint density at radius 3 is 2.88 bits per heavy atom. The van der Waals surface area contributed by atoms with Gasteiger partial charge in [-0.15, -0.1) is 24.0 Å². The van der Waals surface area contributed by atoms with Gasteiger partial charge in [-0.2, -0.15) is 0 Å². The third kappa shape index (κ3) is 2.34. The molecule has 1 atom stereocenters. The van der Waals surface area contributed by atoms with Crippen molar-refractivity contribution in [2.45, 2.75) is 38.3 Å². The first-order valence-corrected chi connectivity index (χ1v) is 9.13. The number of carbonyl (C=O) groups is 1. The van der Waals surface area contributed by atoms with E-state index < -0.39 is 0 Å². The Hall–Kier alpha value is -1.86. The van der Waals surface area contributed by atoms with E-state index in [-0.39, 0.29) is 11.9 Å². The molecule has 0 fully saturated rings. The van der Waals surface area contributed by atoms with Crippen LogP contribution in [0.25, 0.3) is 0 Å². The largest absolute Gasteiger partial charge is 0.307 e. The lowest BCUT2D eigenvalue weighted by Gasteiger charge is -2.37. The first kappa shape index (κ1) is 15.7. The topological polar surface area (TPSA) is 48.8 Å². The average molecular weight is 358 g/mol. The number of hydrogen-bond donors (Lipinski definition) is 1. The summed E-state index contributed by atoms with van der Waals surface area (Å²) >= 11 is 6.04. The molecule has 0 unspecified atom stereocenters. The number of aliphatic imine (C=N–C) groups is 1. The molecule has 0 aliphatic carbocycles. The van der Waals surface area contributed by atoms with Gasteiger partial charge in [-0.1, -0.05) is 0 Å². The number of rotatable bonds is 2. The van der Waals surface area contributed by atoms with Crippen molar-refractivity contribution in [3.8, 4) is 0 Å². The van der Waals surface area contributed by atoms with Crippen LogP contribution in [-0.4, -0.2) is 34.3 Å². The number of anilines is 1. The van der Waals surface area contributed by atoms with E-state index in [0.717, 1.165) is 32.1 Å². The molecule has 7 heteroatoms. The van der Waals surface area contributed by atoms with Crippen LogP contribution in [0.15, 0.2) is 28.1 Å². The van der Waals surface area contributed by atoms with Crippen LogP contribution >= 0.6 is 24.0 Å². The second kappa shape index (κ2) is 5.60. The van der Waals surface area contributed by atoms with Gasteiger partial charge in [-0.3, -0.25) is 14.7 Å². The number of aryl methyl sites for hydroxylation is 2. The number of carbonyl (C=O) groups excluding carboxylic acids is 1. The fraction of sp³-hybridized carbons (Fsp3) is 0.353. The quantitative estimate of drug-likeness (QED) is 0.838. The zero-order valence-electron chi connectivity index (χ0n) is 13.8. The van der Waals surface area contributed by atoms with E-state index in [1.54, 1.807) is 16.2 Å². The Bertz CT molecular complexity index is 873. The second-order valence-corrected chi connectivity index (χ2v) is 8.00. The lowest BCUT2D eigenvalue weighted by molar-refractivity contribution is 0.0833. The van der Waals surface area contributed by atoms with Crippen LogP contribution in [-0.2, 0) is 6.54 Å². The molecule has 2 aliphatic heterocycles. The maximum absolute atomic E-state index is 13.1. The van der Waals surface area contributed by atoms with Crippen molar-refractivity contribution in [1.82, 2.24) is 9.88 Å². The molecule has 0 N–H and O–H groups in total. The summed E-state index contributed by atoms with van der Waals surface area (Å²) in [6.45, 7) is 7.31. The monoisotopic (exact) mass is 358 g/mol. The summed E-state index contributed by atoms with van der Waals surface area (Å²) in [5.74, 6) is 0.729. The fourth-order valence-electron chi connectivity index (χ4n) is 3.28. The van der Waals surface area contributed by atoms with Crippen molar-refractivity contribution >= 4 is 41.5 Å². The van der Waals surface area contributed by atoms with E-state index >= 15 is 0 Å². The van der Waals surface area contributed by atoms with Crippen molar-refractivity contribution in [2.24, 2.45) is 4.99 Å². The molecule has 0 saturated heterocycles. The van der Waals surface area contributed by atoms with E-state index in [1.165, 1.54) is 0 Å². The van der Waals surface area contributed by atoms with Crippen LogP contribution in [0.2, 0.25) is 0 Å². The van der Waals surface area contributed by atoms with Crippen LogP contribution in [0.1, 0.15) is 32.9 Å². The number of amides is 1. The third-order valence-electron chi connectivity index (χ3n) is 4.41. The molecule has 0 spiro atoms. The maximum atomic E-state index is 13.1. The molecule has 1 amide bonds. The predicted octanol–water partition coefficient (Wildman–Crippen LogP) is 3.27. The molecule has 0 bridgehead atoms. The van der Waals surface area contributed by atoms with Crippen molar-refractivity contribution in [3.63, 3.8) is 0 Å². The van der Waals surface area contributed by atoms with Crippen LogP contribution < -0.4 is 4.90 Å². The van der Waals surface area contributed by atoms with Crippen molar-refractivity contribution in [2.75, 3.05) is 11.4 Å². The number of guanidine groups is 1. The summed E-state index contributed by atoms with van der Waals surface area (Å²) < 4.78 is 0. The number of thiol groups is 1. The van der Waals surface area contributed by atoms with Gasteiger partial charge < -0.3 is 4.90 Å². The van der Waals surface area contributed by atoms with Crippen LogP contribution in [0, 0.1) is 13.8 Å². The summed E-state index contributed by atoms with van der Waals surface area (Å²) in [6.07, 6.45) is 0. The number of fused-ring (bicyclic) bond motifs is 3. The van der Waals surface area contributed by atoms with Gasteiger partial charge in [0.15, 0.2) is 0 Å². The molecule has 3 heterocycles. The SMILES string of the molecule is Cc1nc(C)c(CN2C(=O)c3cc(S)ccc3N3C2=NC[C@H]3C)s1. The maximum Gasteiger partial charge on any atom is 0.263 e. The van der Waals surface area contributed by atoms with Gasteiger partial charge in [0.2, 0.25) is 5.96 Å². The molecule has 5 nitrogen and oxygen atoms in total. The summed E-state index contributed by atoms with van der Waals surface area (Å²) in [7, 11) is 0. The Labute approximate surface area is 150 Å². The number of nitrogens with zero attached hydrogens (tertiary/aromatic N) is 4. The minimum Gasteiger partial charge on any atom is -0.307 e. The summed E-state index contributed by atoms with van der Waals surface area (Å²) in [5.41, 5.74) is 2.60. The lowest BCUT2D eigenvalue weighted by atomic mass is 10.1. The standard InChI is InChI=1S/C17H18N4OS2/c1-9-7-18-17-20(8-15-10(2)19-11(3)24-15)16(22)13-6-12(23)4-5-14(13)21(9)17/h4-6,9,23H,7-8H2,1-3H3/t9-/m1/s1. The first-order chi connectivity index (χ1) is 11.5. The molecule has 2 aromatic rings. The van der Waals surface area contributed by atoms with Gasteiger partial charge in [0.25, 0.3) is 5.91 Å². The molecular weight excluding hydrogens is 340 g/mol. The Kier molecular flexibility index (Phi) is 3.65. The van der Waals surface area contributed by atoms with E-state index in [4.69, 9.17) is 0 Å². The summed E-state index contributed by atoms with van der Waals surface area (Å²) in [4.78, 5) is 28.1. The van der Waals surface area contributed by atoms with Gasteiger partial charge in [0, 0.05) is 9.77 Å². The van der Waals surface area contributed by atoms with Gasteiger partial charge in [-0.25, -0.2) is 4.98 Å². The molecule has 1 aromatic carbocycles. The van der Waals surface area contributed by atoms with E-state index in [0.29, 0.717) is 18.7 Å². The molecule has 0 radical (unpaired) electrons. The second-order valence-electron chi connectivity index (χ2n) is 6.19. The van der Waals surface area contributed by atoms with Crippen LogP contribution in [0.3, 0.4) is 0 Å². The number of aromatic nitrogens is 1. The molecule has 2 aliphatic rings. The van der Waals surface area contributed by atoms with Gasteiger partial charge in [0.1, 0.15) is 0 Å². The predicted molar refractivity (Wildman–Crippen MR) is 99.4 cm³/mol. The van der Waals surface area contributed by atoms with E-state index in [1.807, 2.05) is 32.0 Å². The van der Waals surface area contributed by atoms with Gasteiger partial charge >= 0.3 is 0 Å². The van der Waals surface area contributed by atoms with Gasteiger partial charge in [0.05, 0.1) is 41.1 Å². The Morgan fingerprint density at radius 1 is 1.38 bits per heavy atom. The van der Waals surface area contributed by atoms with E-state index in [9.17, 15) is 4.79 Å². The zero-order valence-corrected chi connectivity index (χ0v) is 15.5. The van der Waals surface area contributed by atoms with Crippen molar-refractivity contribution < 1.29 is 4.79 Å². The highest BCUT2D eigenvalue weighted by molar-refractivity contribution is 7.80. The summed E-state index contributed by atoms with van der Waals surface area (Å²) in [6, 6.07) is 5.97. The molecular formula is C17H18N4OS2. The molecule has 0 saturated carbocycles.